The van der Waals surface area contributed by atoms with Crippen LogP contribution in [0.25, 0.3) is 0 Å². The Morgan fingerprint density at radius 3 is 2.62 bits per heavy atom. The van der Waals surface area contributed by atoms with E-state index < -0.39 is 0 Å². The normalized spacial score (nSPS) is 21.1. The van der Waals surface area contributed by atoms with Gasteiger partial charge in [-0.05, 0) is 49.5 Å². The van der Waals surface area contributed by atoms with Gasteiger partial charge in [-0.3, -0.25) is 0 Å². The molecule has 0 aromatic carbocycles. The van der Waals surface area contributed by atoms with Crippen LogP contribution < -0.4 is 16.4 Å². The van der Waals surface area contributed by atoms with Gasteiger partial charge in [0.2, 0.25) is 0 Å². The summed E-state index contributed by atoms with van der Waals surface area (Å²) in [4.78, 5) is 16.0. The molecule has 1 aliphatic carbocycles. The van der Waals surface area contributed by atoms with E-state index in [0.29, 0.717) is 32.0 Å². The van der Waals surface area contributed by atoms with Crippen molar-refractivity contribution < 1.29 is 0 Å². The summed E-state index contributed by atoms with van der Waals surface area (Å²) < 4.78 is 0. The van der Waals surface area contributed by atoms with Crippen LogP contribution in [0.4, 0.5) is 17.5 Å². The first-order valence-electron chi connectivity index (χ1n) is 10.1. The minimum Gasteiger partial charge on any atom is -0.384 e. The van der Waals surface area contributed by atoms with Crippen LogP contribution in [-0.2, 0) is 0 Å². The molecular formula is C20H26Cl2N6S. The third kappa shape index (κ3) is 4.37. The monoisotopic (exact) mass is 452 g/mol. The maximum absolute atomic E-state index is 6.23. The van der Waals surface area contributed by atoms with Crippen LogP contribution in [-0.4, -0.2) is 28.0 Å². The van der Waals surface area contributed by atoms with Gasteiger partial charge in [-0.15, -0.1) is 0 Å². The zero-order valence-corrected chi connectivity index (χ0v) is 18.8. The highest BCUT2D eigenvalue weighted by molar-refractivity contribution is 7.99. The molecule has 4 N–H and O–H groups in total. The molecule has 156 valence electrons. The Kier molecular flexibility index (Phi) is 6.00. The van der Waals surface area contributed by atoms with Crippen LogP contribution in [0.3, 0.4) is 0 Å². The number of nitrogen functional groups attached to an aromatic ring is 2. The van der Waals surface area contributed by atoms with Crippen LogP contribution >= 0.6 is 35.0 Å². The molecule has 0 radical (unpaired) electrons. The van der Waals surface area contributed by atoms with Crippen molar-refractivity contribution in [2.45, 2.75) is 55.4 Å². The standard InChI is InChI=1S/C20H26Cl2N6S/c1-2-12-3-4-20(10-12)5-7-28(8-6-20)15-11-25-19(18(24)27-15)29-13-9-14(23)26-17(22)16(13)21/h9,11-12H,2-8,10H2,1H3,(H2,23,26)(H2,24,27). The second-order valence-electron chi connectivity index (χ2n) is 8.17. The fourth-order valence-electron chi connectivity index (χ4n) is 4.63. The Bertz CT molecular complexity index is 901. The van der Waals surface area contributed by atoms with Gasteiger partial charge in [0.1, 0.15) is 16.7 Å². The molecular weight excluding hydrogens is 427 g/mol. The second kappa shape index (κ2) is 8.36. The van der Waals surface area contributed by atoms with E-state index in [1.54, 1.807) is 12.3 Å². The predicted molar refractivity (Wildman–Crippen MR) is 121 cm³/mol. The Hall–Kier alpha value is -1.44. The number of aromatic nitrogens is 3. The van der Waals surface area contributed by atoms with Gasteiger partial charge in [-0.25, -0.2) is 15.0 Å². The lowest BCUT2D eigenvalue weighted by molar-refractivity contribution is 0.216. The van der Waals surface area contributed by atoms with Crippen molar-refractivity contribution in [3.05, 3.63) is 22.4 Å². The average Bonchev–Trinajstić information content (AvgIpc) is 3.10. The van der Waals surface area contributed by atoms with E-state index in [-0.39, 0.29) is 5.15 Å². The van der Waals surface area contributed by atoms with Crippen molar-refractivity contribution in [3.8, 4) is 0 Å². The molecule has 29 heavy (non-hydrogen) atoms. The van der Waals surface area contributed by atoms with Crippen molar-refractivity contribution >= 4 is 52.4 Å². The first-order chi connectivity index (χ1) is 13.9. The molecule has 1 aliphatic heterocycles. The highest BCUT2D eigenvalue weighted by Crippen LogP contribution is 2.50. The number of nitrogens with two attached hydrogens (primary N) is 2. The predicted octanol–water partition coefficient (Wildman–Crippen LogP) is 5.29. The SMILES string of the molecule is CCC1CCC2(CCN(c3cnc(Sc4cc(N)nc(Cl)c4Cl)c(N)n3)CC2)C1. The number of piperidine rings is 1. The summed E-state index contributed by atoms with van der Waals surface area (Å²) in [5.74, 6) is 2.42. The molecule has 0 amide bonds. The van der Waals surface area contributed by atoms with Crippen LogP contribution in [0.2, 0.25) is 10.2 Å². The first kappa shape index (κ1) is 20.8. The van der Waals surface area contributed by atoms with E-state index in [0.717, 1.165) is 24.8 Å². The zero-order chi connectivity index (χ0) is 20.6. The lowest BCUT2D eigenvalue weighted by Crippen LogP contribution is -2.39. The minimum atomic E-state index is 0.164. The van der Waals surface area contributed by atoms with Crippen LogP contribution in [0.1, 0.15) is 45.4 Å². The zero-order valence-electron chi connectivity index (χ0n) is 16.5. The number of pyridine rings is 1. The second-order valence-corrected chi connectivity index (χ2v) is 9.94. The van der Waals surface area contributed by atoms with Crippen LogP contribution in [0.15, 0.2) is 22.2 Å². The van der Waals surface area contributed by atoms with E-state index in [2.05, 4.69) is 26.8 Å². The number of nitrogens with zero attached hydrogens (tertiary/aromatic N) is 4. The summed E-state index contributed by atoms with van der Waals surface area (Å²) in [7, 11) is 0. The van der Waals surface area contributed by atoms with E-state index in [1.807, 2.05) is 0 Å². The highest BCUT2D eigenvalue weighted by Gasteiger charge is 2.40. The van der Waals surface area contributed by atoms with Crippen molar-refractivity contribution in [1.29, 1.82) is 0 Å². The summed E-state index contributed by atoms with van der Waals surface area (Å²) in [5, 5.41) is 1.07. The molecule has 1 saturated carbocycles. The van der Waals surface area contributed by atoms with Gasteiger partial charge in [0.25, 0.3) is 0 Å². The third-order valence-electron chi connectivity index (χ3n) is 6.39. The lowest BCUT2D eigenvalue weighted by Gasteiger charge is -2.40. The molecule has 3 heterocycles. The number of hydrogen-bond donors (Lipinski definition) is 2. The van der Waals surface area contributed by atoms with E-state index >= 15 is 0 Å². The highest BCUT2D eigenvalue weighted by atomic mass is 35.5. The van der Waals surface area contributed by atoms with Crippen molar-refractivity contribution in [3.63, 3.8) is 0 Å². The molecule has 1 unspecified atom stereocenters. The fraction of sp³-hybridized carbons (Fsp3) is 0.550. The van der Waals surface area contributed by atoms with Gasteiger partial charge < -0.3 is 16.4 Å². The molecule has 4 rings (SSSR count). The number of halogens is 2. The molecule has 2 fully saturated rings. The molecule has 1 atom stereocenters. The van der Waals surface area contributed by atoms with E-state index in [4.69, 9.17) is 34.7 Å². The molecule has 6 nitrogen and oxygen atoms in total. The smallest absolute Gasteiger partial charge is 0.158 e. The van der Waals surface area contributed by atoms with Crippen molar-refractivity contribution in [2.75, 3.05) is 29.5 Å². The number of anilines is 3. The summed E-state index contributed by atoms with van der Waals surface area (Å²) >= 11 is 13.5. The largest absolute Gasteiger partial charge is 0.384 e. The van der Waals surface area contributed by atoms with Gasteiger partial charge in [0, 0.05) is 18.0 Å². The molecule has 9 heteroatoms. The quantitative estimate of drug-likeness (QED) is 0.608. The van der Waals surface area contributed by atoms with Gasteiger partial charge >= 0.3 is 0 Å². The van der Waals surface area contributed by atoms with Crippen molar-refractivity contribution in [2.24, 2.45) is 11.3 Å². The maximum atomic E-state index is 6.23. The molecule has 0 bridgehead atoms. The number of hydrogen-bond acceptors (Lipinski definition) is 7. The van der Waals surface area contributed by atoms with Gasteiger partial charge in [-0.2, -0.15) is 0 Å². The topological polar surface area (TPSA) is 94.0 Å². The summed E-state index contributed by atoms with van der Waals surface area (Å²) in [6.07, 6.45) is 9.71. The lowest BCUT2D eigenvalue weighted by atomic mass is 9.76. The van der Waals surface area contributed by atoms with Crippen molar-refractivity contribution in [1.82, 2.24) is 15.0 Å². The Labute approximate surface area is 185 Å². The van der Waals surface area contributed by atoms with Gasteiger partial charge in [-0.1, -0.05) is 48.3 Å². The molecule has 2 aromatic rings. The maximum Gasteiger partial charge on any atom is 0.158 e. The first-order valence-corrected chi connectivity index (χ1v) is 11.6. The third-order valence-corrected chi connectivity index (χ3v) is 8.31. The molecule has 1 spiro atoms. The number of rotatable bonds is 4. The summed E-state index contributed by atoms with van der Waals surface area (Å²) in [5.41, 5.74) is 12.5. The Morgan fingerprint density at radius 1 is 1.21 bits per heavy atom. The Morgan fingerprint density at radius 2 is 1.97 bits per heavy atom. The Balaban J connectivity index is 1.45. The fourth-order valence-corrected chi connectivity index (χ4v) is 5.92. The average molecular weight is 453 g/mol. The van der Waals surface area contributed by atoms with Gasteiger partial charge in [0.05, 0.1) is 11.2 Å². The molecule has 2 aliphatic rings. The summed E-state index contributed by atoms with van der Waals surface area (Å²) in [6.45, 7) is 4.34. The summed E-state index contributed by atoms with van der Waals surface area (Å²) in [6, 6.07) is 1.66. The van der Waals surface area contributed by atoms with E-state index in [1.165, 1.54) is 50.3 Å². The van der Waals surface area contributed by atoms with Crippen LogP contribution in [0.5, 0.6) is 0 Å². The van der Waals surface area contributed by atoms with E-state index in [9.17, 15) is 0 Å². The molecule has 2 aromatic heterocycles. The van der Waals surface area contributed by atoms with Gasteiger partial charge in [0.15, 0.2) is 11.0 Å². The minimum absolute atomic E-state index is 0.164. The van der Waals surface area contributed by atoms with Crippen LogP contribution in [0, 0.1) is 11.3 Å². The molecule has 1 saturated heterocycles.